The third-order valence-electron chi connectivity index (χ3n) is 3.18. The maximum Gasteiger partial charge on any atom is 0.294 e. The average Bonchev–Trinajstić information content (AvgIpc) is 2.41. The molecule has 0 aromatic heterocycles. The van der Waals surface area contributed by atoms with Crippen LogP contribution in [0.4, 0.5) is 11.4 Å². The van der Waals surface area contributed by atoms with Crippen molar-refractivity contribution in [2.75, 3.05) is 5.73 Å². The Morgan fingerprint density at radius 1 is 1.48 bits per heavy atom. The van der Waals surface area contributed by atoms with Crippen LogP contribution in [0, 0.1) is 10.1 Å². The van der Waals surface area contributed by atoms with E-state index in [1.54, 1.807) is 0 Å². The van der Waals surface area contributed by atoms with Crippen LogP contribution in [-0.2, 0) is 0 Å². The lowest BCUT2D eigenvalue weighted by Crippen LogP contribution is -2.32. The molecule has 0 spiro atoms. The van der Waals surface area contributed by atoms with Gasteiger partial charge in [-0.1, -0.05) is 37.8 Å². The number of halogens is 1. The minimum atomic E-state index is -0.650. The molecule has 21 heavy (non-hydrogen) atoms. The van der Waals surface area contributed by atoms with Gasteiger partial charge in [0.2, 0.25) is 0 Å². The summed E-state index contributed by atoms with van der Waals surface area (Å²) in [5, 5.41) is 13.7. The van der Waals surface area contributed by atoms with Gasteiger partial charge in [-0.2, -0.15) is 0 Å². The number of anilines is 1. The number of nitrogens with one attached hydrogen (secondary N) is 1. The van der Waals surface area contributed by atoms with Gasteiger partial charge in [0, 0.05) is 17.7 Å². The standard InChI is InChI=1S/C14H20ClN3O3/c1-3-4-5-6-9(2)17-14(19)10-7-11(15)13(16)12(8-10)18(20)21/h7-9H,3-6,16H2,1-2H3,(H,17,19). The number of nitrogens with zero attached hydrogens (tertiary/aromatic N) is 1. The van der Waals surface area contributed by atoms with Gasteiger partial charge < -0.3 is 11.1 Å². The first-order valence-electron chi connectivity index (χ1n) is 6.91. The van der Waals surface area contributed by atoms with Crippen LogP contribution in [0.25, 0.3) is 0 Å². The lowest BCUT2D eigenvalue weighted by Gasteiger charge is -2.14. The number of carbonyl (C=O) groups is 1. The molecular formula is C14H20ClN3O3. The molecule has 1 rings (SSSR count). The Balaban J connectivity index is 2.81. The number of benzene rings is 1. The molecule has 7 heteroatoms. The van der Waals surface area contributed by atoms with Crippen molar-refractivity contribution in [3.8, 4) is 0 Å². The van der Waals surface area contributed by atoms with Crippen molar-refractivity contribution in [1.29, 1.82) is 0 Å². The largest absolute Gasteiger partial charge is 0.392 e. The van der Waals surface area contributed by atoms with Gasteiger partial charge in [-0.15, -0.1) is 0 Å². The van der Waals surface area contributed by atoms with Crippen molar-refractivity contribution in [2.24, 2.45) is 0 Å². The van der Waals surface area contributed by atoms with Gasteiger partial charge in [0.15, 0.2) is 0 Å². The van der Waals surface area contributed by atoms with Crippen LogP contribution < -0.4 is 11.1 Å². The van der Waals surface area contributed by atoms with E-state index in [4.69, 9.17) is 17.3 Å². The summed E-state index contributed by atoms with van der Waals surface area (Å²) in [5.74, 6) is -0.385. The predicted octanol–water partition coefficient (Wildman–Crippen LogP) is 3.53. The molecule has 0 radical (unpaired) electrons. The smallest absolute Gasteiger partial charge is 0.294 e. The van der Waals surface area contributed by atoms with Gasteiger partial charge in [0.25, 0.3) is 11.6 Å². The molecule has 3 N–H and O–H groups in total. The highest BCUT2D eigenvalue weighted by Crippen LogP contribution is 2.30. The number of nitrogens with two attached hydrogens (primary N) is 1. The molecule has 1 unspecified atom stereocenters. The van der Waals surface area contributed by atoms with Crippen molar-refractivity contribution >= 4 is 28.9 Å². The Morgan fingerprint density at radius 3 is 2.71 bits per heavy atom. The quantitative estimate of drug-likeness (QED) is 0.348. The van der Waals surface area contributed by atoms with E-state index in [0.29, 0.717) is 0 Å². The maximum absolute atomic E-state index is 12.1. The normalized spacial score (nSPS) is 12.0. The van der Waals surface area contributed by atoms with Crippen molar-refractivity contribution in [1.82, 2.24) is 5.32 Å². The topological polar surface area (TPSA) is 98.3 Å². The molecule has 0 saturated heterocycles. The van der Waals surface area contributed by atoms with Crippen LogP contribution in [0.2, 0.25) is 5.02 Å². The van der Waals surface area contributed by atoms with E-state index in [1.807, 2.05) is 6.92 Å². The molecule has 0 aliphatic rings. The van der Waals surface area contributed by atoms with Crippen LogP contribution in [0.1, 0.15) is 49.9 Å². The third kappa shape index (κ3) is 4.90. The number of hydrogen-bond donors (Lipinski definition) is 2. The lowest BCUT2D eigenvalue weighted by molar-refractivity contribution is -0.383. The Morgan fingerprint density at radius 2 is 2.14 bits per heavy atom. The van der Waals surface area contributed by atoms with Crippen LogP contribution in [0.15, 0.2) is 12.1 Å². The summed E-state index contributed by atoms with van der Waals surface area (Å²) in [6.07, 6.45) is 4.12. The second kappa shape index (κ2) is 7.83. The molecule has 0 aliphatic heterocycles. The van der Waals surface area contributed by atoms with E-state index in [-0.39, 0.29) is 33.9 Å². The molecule has 1 atom stereocenters. The number of nitrogen functional groups attached to an aromatic ring is 1. The van der Waals surface area contributed by atoms with Gasteiger partial charge in [0.05, 0.1) is 9.95 Å². The van der Waals surface area contributed by atoms with Crippen molar-refractivity contribution in [2.45, 2.75) is 45.6 Å². The number of amides is 1. The number of unbranched alkanes of at least 4 members (excludes halogenated alkanes) is 2. The summed E-state index contributed by atoms with van der Waals surface area (Å²) in [5.41, 5.74) is 5.19. The molecule has 0 aliphatic carbocycles. The molecule has 6 nitrogen and oxygen atoms in total. The second-order valence-corrected chi connectivity index (χ2v) is 5.43. The predicted molar refractivity (Wildman–Crippen MR) is 83.6 cm³/mol. The van der Waals surface area contributed by atoms with Gasteiger partial charge in [-0.05, 0) is 19.4 Å². The summed E-state index contributed by atoms with van der Waals surface area (Å²) in [6.45, 7) is 4.01. The molecular weight excluding hydrogens is 294 g/mol. The fraction of sp³-hybridized carbons (Fsp3) is 0.500. The number of nitro benzene ring substituents is 1. The number of nitro groups is 1. The molecule has 1 amide bonds. The molecule has 0 bridgehead atoms. The number of hydrogen-bond acceptors (Lipinski definition) is 4. The third-order valence-corrected chi connectivity index (χ3v) is 3.50. The second-order valence-electron chi connectivity index (χ2n) is 5.02. The maximum atomic E-state index is 12.1. The van der Waals surface area contributed by atoms with E-state index in [2.05, 4.69) is 12.2 Å². The van der Waals surface area contributed by atoms with Crippen LogP contribution in [0.3, 0.4) is 0 Å². The van der Waals surface area contributed by atoms with E-state index < -0.39 is 4.92 Å². The van der Waals surface area contributed by atoms with Crippen molar-refractivity contribution < 1.29 is 9.72 Å². The van der Waals surface area contributed by atoms with Gasteiger partial charge in [-0.3, -0.25) is 14.9 Å². The summed E-state index contributed by atoms with van der Waals surface area (Å²) >= 11 is 5.84. The lowest BCUT2D eigenvalue weighted by atomic mass is 10.1. The molecule has 0 heterocycles. The highest BCUT2D eigenvalue weighted by atomic mass is 35.5. The first-order chi connectivity index (χ1) is 9.86. The Labute approximate surface area is 128 Å². The van der Waals surface area contributed by atoms with Crippen molar-refractivity contribution in [3.05, 3.63) is 32.8 Å². The van der Waals surface area contributed by atoms with Gasteiger partial charge in [-0.25, -0.2) is 0 Å². The van der Waals surface area contributed by atoms with Crippen LogP contribution in [0.5, 0.6) is 0 Å². The Hall–Kier alpha value is -1.82. The van der Waals surface area contributed by atoms with Gasteiger partial charge >= 0.3 is 0 Å². The molecule has 1 aromatic rings. The summed E-state index contributed by atoms with van der Waals surface area (Å²) in [6, 6.07) is 2.49. The van der Waals surface area contributed by atoms with Gasteiger partial charge in [0.1, 0.15) is 5.69 Å². The molecule has 1 aromatic carbocycles. The monoisotopic (exact) mass is 313 g/mol. The zero-order chi connectivity index (χ0) is 16.0. The molecule has 0 saturated carbocycles. The van der Waals surface area contributed by atoms with Crippen molar-refractivity contribution in [3.63, 3.8) is 0 Å². The van der Waals surface area contributed by atoms with E-state index in [0.717, 1.165) is 31.7 Å². The summed E-state index contributed by atoms with van der Waals surface area (Å²) in [4.78, 5) is 22.3. The zero-order valence-electron chi connectivity index (χ0n) is 12.2. The molecule has 0 fully saturated rings. The van der Waals surface area contributed by atoms with E-state index >= 15 is 0 Å². The minimum Gasteiger partial charge on any atom is -0.392 e. The van der Waals surface area contributed by atoms with E-state index in [9.17, 15) is 14.9 Å². The van der Waals surface area contributed by atoms with Crippen LogP contribution >= 0.6 is 11.6 Å². The van der Waals surface area contributed by atoms with E-state index in [1.165, 1.54) is 6.07 Å². The zero-order valence-corrected chi connectivity index (χ0v) is 12.9. The Bertz CT molecular complexity index is 534. The highest BCUT2D eigenvalue weighted by molar-refractivity contribution is 6.34. The first kappa shape index (κ1) is 17.2. The minimum absolute atomic E-state index is 0.000523. The molecule has 116 valence electrons. The number of rotatable bonds is 7. The first-order valence-corrected chi connectivity index (χ1v) is 7.28. The number of carbonyl (C=O) groups excluding carboxylic acids is 1. The van der Waals surface area contributed by atoms with Crippen LogP contribution in [-0.4, -0.2) is 16.9 Å². The SMILES string of the molecule is CCCCCC(C)NC(=O)c1cc(Cl)c(N)c([N+](=O)[O-])c1. The summed E-state index contributed by atoms with van der Waals surface area (Å²) < 4.78 is 0. The fourth-order valence-electron chi connectivity index (χ4n) is 1.97. The average molecular weight is 314 g/mol. The Kier molecular flexibility index (Phi) is 6.42. The fourth-order valence-corrected chi connectivity index (χ4v) is 2.18. The highest BCUT2D eigenvalue weighted by Gasteiger charge is 2.20. The summed E-state index contributed by atoms with van der Waals surface area (Å²) in [7, 11) is 0.